The Balaban J connectivity index is 1.49. The highest BCUT2D eigenvalue weighted by Crippen LogP contribution is 2.34. The van der Waals surface area contributed by atoms with Gasteiger partial charge in [0.25, 0.3) is 5.91 Å². The predicted octanol–water partition coefficient (Wildman–Crippen LogP) is 3.93. The van der Waals surface area contributed by atoms with Crippen molar-refractivity contribution in [2.75, 3.05) is 45.3 Å². The molecule has 1 fully saturated rings. The Bertz CT molecular complexity index is 1020. The average Bonchev–Trinajstić information content (AvgIpc) is 3.17. The second-order valence-corrected chi connectivity index (χ2v) is 7.87. The highest BCUT2D eigenvalue weighted by Gasteiger charge is 2.26. The SMILES string of the molecule is COc1ccc(Cl)cc1C(=O)N1CCN(c2nc3c(OC)cccc3s2)CC1. The first kappa shape index (κ1) is 18.8. The van der Waals surface area contributed by atoms with Crippen molar-refractivity contribution in [2.24, 2.45) is 0 Å². The van der Waals surface area contributed by atoms with Gasteiger partial charge in [-0.2, -0.15) is 0 Å². The fourth-order valence-corrected chi connectivity index (χ4v) is 4.54. The summed E-state index contributed by atoms with van der Waals surface area (Å²) in [6, 6.07) is 11.0. The highest BCUT2D eigenvalue weighted by atomic mass is 35.5. The summed E-state index contributed by atoms with van der Waals surface area (Å²) in [7, 11) is 3.21. The van der Waals surface area contributed by atoms with Crippen LogP contribution >= 0.6 is 22.9 Å². The topological polar surface area (TPSA) is 54.9 Å². The smallest absolute Gasteiger partial charge is 0.257 e. The standard InChI is InChI=1S/C20H20ClN3O3S/c1-26-15-7-6-13(21)12-14(15)19(25)23-8-10-24(11-9-23)20-22-18-16(27-2)4-3-5-17(18)28-20/h3-7,12H,8-11H2,1-2H3. The Hall–Kier alpha value is -2.51. The summed E-state index contributed by atoms with van der Waals surface area (Å²) < 4.78 is 11.8. The van der Waals surface area contributed by atoms with Crippen molar-refractivity contribution in [1.82, 2.24) is 9.88 Å². The minimum atomic E-state index is -0.0648. The van der Waals surface area contributed by atoms with Crippen LogP contribution in [0.4, 0.5) is 5.13 Å². The van der Waals surface area contributed by atoms with Crippen LogP contribution in [0.3, 0.4) is 0 Å². The molecule has 0 saturated carbocycles. The van der Waals surface area contributed by atoms with Gasteiger partial charge in [0.1, 0.15) is 17.0 Å². The van der Waals surface area contributed by atoms with Crippen LogP contribution in [0.25, 0.3) is 10.2 Å². The Labute approximate surface area is 172 Å². The van der Waals surface area contributed by atoms with Crippen molar-refractivity contribution >= 4 is 44.2 Å². The highest BCUT2D eigenvalue weighted by molar-refractivity contribution is 7.22. The first-order valence-corrected chi connectivity index (χ1v) is 10.1. The number of rotatable bonds is 4. The molecule has 0 spiro atoms. The first-order chi connectivity index (χ1) is 13.6. The van der Waals surface area contributed by atoms with Crippen LogP contribution in [0.1, 0.15) is 10.4 Å². The van der Waals surface area contributed by atoms with Gasteiger partial charge in [-0.15, -0.1) is 0 Å². The zero-order chi connectivity index (χ0) is 19.7. The van der Waals surface area contributed by atoms with Gasteiger partial charge >= 0.3 is 0 Å². The zero-order valence-electron chi connectivity index (χ0n) is 15.6. The molecule has 0 unspecified atom stereocenters. The van der Waals surface area contributed by atoms with Crippen LogP contribution in [0, 0.1) is 0 Å². The van der Waals surface area contributed by atoms with Crippen molar-refractivity contribution in [3.05, 3.63) is 47.0 Å². The molecule has 1 aliphatic heterocycles. The van der Waals surface area contributed by atoms with Gasteiger partial charge < -0.3 is 19.3 Å². The fraction of sp³-hybridized carbons (Fsp3) is 0.300. The summed E-state index contributed by atoms with van der Waals surface area (Å²) in [6.45, 7) is 2.66. The van der Waals surface area contributed by atoms with Crippen molar-refractivity contribution in [1.29, 1.82) is 0 Å². The molecule has 0 radical (unpaired) electrons. The molecule has 0 atom stereocenters. The molecule has 1 amide bonds. The van der Waals surface area contributed by atoms with Crippen molar-refractivity contribution < 1.29 is 14.3 Å². The lowest BCUT2D eigenvalue weighted by atomic mass is 10.1. The lowest BCUT2D eigenvalue weighted by molar-refractivity contribution is 0.0743. The summed E-state index contributed by atoms with van der Waals surface area (Å²) in [6.07, 6.45) is 0. The summed E-state index contributed by atoms with van der Waals surface area (Å²) in [5.41, 5.74) is 1.38. The van der Waals surface area contributed by atoms with Gasteiger partial charge in [-0.25, -0.2) is 4.98 Å². The number of halogens is 1. The lowest BCUT2D eigenvalue weighted by Crippen LogP contribution is -2.48. The number of para-hydroxylation sites is 1. The number of hydrogen-bond donors (Lipinski definition) is 0. The van der Waals surface area contributed by atoms with E-state index in [1.165, 1.54) is 0 Å². The monoisotopic (exact) mass is 417 g/mol. The third-order valence-electron chi connectivity index (χ3n) is 4.82. The first-order valence-electron chi connectivity index (χ1n) is 8.92. The van der Waals surface area contributed by atoms with E-state index < -0.39 is 0 Å². The van der Waals surface area contributed by atoms with E-state index in [2.05, 4.69) is 4.90 Å². The largest absolute Gasteiger partial charge is 0.496 e. The maximum absolute atomic E-state index is 12.9. The number of aromatic nitrogens is 1. The quantitative estimate of drug-likeness (QED) is 0.643. The Kier molecular flexibility index (Phi) is 5.28. The van der Waals surface area contributed by atoms with Crippen molar-refractivity contribution in [3.8, 4) is 11.5 Å². The molecule has 1 saturated heterocycles. The van der Waals surface area contributed by atoms with Gasteiger partial charge in [0, 0.05) is 31.2 Å². The number of carbonyl (C=O) groups is 1. The maximum Gasteiger partial charge on any atom is 0.257 e. The van der Waals surface area contributed by atoms with Gasteiger partial charge in [0.05, 0.1) is 24.5 Å². The number of hydrogen-bond acceptors (Lipinski definition) is 6. The molecule has 0 bridgehead atoms. The second kappa shape index (κ2) is 7.85. The normalized spacial score (nSPS) is 14.4. The number of anilines is 1. The van der Waals surface area contributed by atoms with Crippen LogP contribution in [-0.4, -0.2) is 56.2 Å². The van der Waals surface area contributed by atoms with Gasteiger partial charge in [0.15, 0.2) is 5.13 Å². The molecule has 2 heterocycles. The summed E-state index contributed by atoms with van der Waals surface area (Å²) in [5.74, 6) is 1.25. The molecule has 2 aromatic carbocycles. The lowest BCUT2D eigenvalue weighted by Gasteiger charge is -2.34. The van der Waals surface area contributed by atoms with Crippen LogP contribution < -0.4 is 14.4 Å². The Morgan fingerprint density at radius 1 is 1.07 bits per heavy atom. The minimum absolute atomic E-state index is 0.0648. The molecular weight excluding hydrogens is 398 g/mol. The third-order valence-corrected chi connectivity index (χ3v) is 6.14. The molecule has 146 valence electrons. The van der Waals surface area contributed by atoms with E-state index in [-0.39, 0.29) is 5.91 Å². The molecular formula is C20H20ClN3O3S. The number of ether oxygens (including phenoxy) is 2. The number of methoxy groups -OCH3 is 2. The molecule has 0 aliphatic carbocycles. The maximum atomic E-state index is 12.9. The van der Waals surface area contributed by atoms with Gasteiger partial charge in [-0.05, 0) is 30.3 Å². The van der Waals surface area contributed by atoms with E-state index >= 15 is 0 Å². The number of benzene rings is 2. The molecule has 4 rings (SSSR count). The van der Waals surface area contributed by atoms with E-state index in [4.69, 9.17) is 26.1 Å². The van der Waals surface area contributed by atoms with Crippen LogP contribution in [0.2, 0.25) is 5.02 Å². The summed E-state index contributed by atoms with van der Waals surface area (Å²) in [5, 5.41) is 1.47. The fourth-order valence-electron chi connectivity index (χ4n) is 3.33. The average molecular weight is 418 g/mol. The van der Waals surface area contributed by atoms with E-state index in [1.54, 1.807) is 43.8 Å². The molecule has 3 aromatic rings. The van der Waals surface area contributed by atoms with Gasteiger partial charge in [-0.1, -0.05) is 29.0 Å². The number of amides is 1. The number of nitrogens with zero attached hydrogens (tertiary/aromatic N) is 3. The van der Waals surface area contributed by atoms with Gasteiger partial charge in [0.2, 0.25) is 0 Å². The number of fused-ring (bicyclic) bond motifs is 1. The summed E-state index contributed by atoms with van der Waals surface area (Å²) >= 11 is 7.71. The minimum Gasteiger partial charge on any atom is -0.496 e. The van der Waals surface area contributed by atoms with E-state index in [1.807, 2.05) is 23.1 Å². The number of piperazine rings is 1. The van der Waals surface area contributed by atoms with Crippen molar-refractivity contribution in [2.45, 2.75) is 0 Å². The predicted molar refractivity (Wildman–Crippen MR) is 112 cm³/mol. The summed E-state index contributed by atoms with van der Waals surface area (Å²) in [4.78, 5) is 21.7. The molecule has 1 aliphatic rings. The molecule has 28 heavy (non-hydrogen) atoms. The number of thiazole rings is 1. The van der Waals surface area contributed by atoms with Gasteiger partial charge in [-0.3, -0.25) is 4.79 Å². The third kappa shape index (κ3) is 3.47. The molecule has 6 nitrogen and oxygen atoms in total. The van der Waals surface area contributed by atoms with E-state index in [9.17, 15) is 4.79 Å². The zero-order valence-corrected chi connectivity index (χ0v) is 17.2. The van der Waals surface area contributed by atoms with Crippen molar-refractivity contribution in [3.63, 3.8) is 0 Å². The molecule has 0 N–H and O–H groups in total. The van der Waals surface area contributed by atoms with E-state index in [0.29, 0.717) is 29.4 Å². The molecule has 1 aromatic heterocycles. The Morgan fingerprint density at radius 3 is 2.54 bits per heavy atom. The molecule has 8 heteroatoms. The second-order valence-electron chi connectivity index (χ2n) is 6.43. The van der Waals surface area contributed by atoms with Crippen LogP contribution in [0.5, 0.6) is 11.5 Å². The van der Waals surface area contributed by atoms with Crippen LogP contribution in [-0.2, 0) is 0 Å². The Morgan fingerprint density at radius 2 is 1.82 bits per heavy atom. The van der Waals surface area contributed by atoms with Crippen LogP contribution in [0.15, 0.2) is 36.4 Å². The van der Waals surface area contributed by atoms with E-state index in [0.717, 1.165) is 34.2 Å². The number of carbonyl (C=O) groups excluding carboxylic acids is 1.